The lowest BCUT2D eigenvalue weighted by molar-refractivity contribution is -0.136. The second kappa shape index (κ2) is 19.9. The first-order valence-corrected chi connectivity index (χ1v) is 19.0. The number of carbonyl (C=O) groups excluding carboxylic acids is 5. The average molecular weight is 718 g/mol. The van der Waals surface area contributed by atoms with Crippen molar-refractivity contribution in [1.29, 1.82) is 0 Å². The predicted molar refractivity (Wildman–Crippen MR) is 201 cm³/mol. The number of morpholine rings is 1. The Labute approximate surface area is 309 Å². The Morgan fingerprint density at radius 2 is 1.29 bits per heavy atom. The van der Waals surface area contributed by atoms with Gasteiger partial charge in [0.2, 0.25) is 11.8 Å². The van der Waals surface area contributed by atoms with Crippen LogP contribution in [-0.4, -0.2) is 91.2 Å². The topological polar surface area (TPSA) is 134 Å². The van der Waals surface area contributed by atoms with Gasteiger partial charge >= 0.3 is 0 Å². The molecule has 2 fully saturated rings. The van der Waals surface area contributed by atoms with E-state index in [1.165, 1.54) is 0 Å². The highest BCUT2D eigenvalue weighted by Gasteiger charge is 2.50. The van der Waals surface area contributed by atoms with Crippen LogP contribution >= 0.6 is 0 Å². The molecule has 0 aromatic heterocycles. The summed E-state index contributed by atoms with van der Waals surface area (Å²) in [7, 11) is 0. The molecule has 10 nitrogen and oxygen atoms in total. The molecule has 2 aromatic rings. The minimum absolute atomic E-state index is 0.0163. The molecule has 2 saturated heterocycles. The molecule has 2 heterocycles. The van der Waals surface area contributed by atoms with E-state index in [2.05, 4.69) is 15.5 Å². The molecule has 5 atom stereocenters. The number of benzene rings is 2. The summed E-state index contributed by atoms with van der Waals surface area (Å²) in [6.45, 7) is 12.8. The van der Waals surface area contributed by atoms with Crippen LogP contribution in [0.1, 0.15) is 77.8 Å². The molecule has 284 valence electrons. The van der Waals surface area contributed by atoms with Crippen LogP contribution in [0.25, 0.3) is 0 Å². The summed E-state index contributed by atoms with van der Waals surface area (Å²) in [6, 6.07) is 17.8. The SMILES string of the molecule is CC(C)C[C@H](NC(=O)[C@H](CCc1ccccc1)CC(=O)CN1CCOCC1)C(=O)C[C@@H](Cc1ccccc1)C(=O)N[C@@H](CC(C)C)C(=O)[C@]1(C)CO1. The van der Waals surface area contributed by atoms with Crippen LogP contribution in [0.3, 0.4) is 0 Å². The number of amides is 2. The molecule has 0 spiro atoms. The number of hydrogen-bond donors (Lipinski definition) is 2. The van der Waals surface area contributed by atoms with Gasteiger partial charge in [0.1, 0.15) is 11.4 Å². The van der Waals surface area contributed by atoms with Gasteiger partial charge in [0.25, 0.3) is 0 Å². The molecule has 0 radical (unpaired) electrons. The predicted octanol–water partition coefficient (Wildman–Crippen LogP) is 4.76. The molecule has 52 heavy (non-hydrogen) atoms. The standard InChI is InChI=1S/C42H59N3O7/c1-29(2)22-36(43-40(49)33(17-16-31-12-8-6-9-13-31)25-35(46)27-45-18-20-51-21-19-45)38(47)26-34(24-32-14-10-7-11-15-32)41(50)44-37(23-30(3)4)39(48)42(5)28-52-42/h6-15,29-30,33-34,36-37H,16-28H2,1-5H3,(H,43,49)(H,44,50)/t33-,34-,36+,37+,42+/m1/s1. The number of nitrogens with one attached hydrogen (secondary N) is 2. The smallest absolute Gasteiger partial charge is 0.224 e. The van der Waals surface area contributed by atoms with E-state index in [0.717, 1.165) is 11.1 Å². The fourth-order valence-corrected chi connectivity index (χ4v) is 6.84. The van der Waals surface area contributed by atoms with Crippen molar-refractivity contribution in [2.24, 2.45) is 23.7 Å². The van der Waals surface area contributed by atoms with E-state index in [-0.39, 0.29) is 60.4 Å². The highest BCUT2D eigenvalue weighted by atomic mass is 16.6. The van der Waals surface area contributed by atoms with Crippen molar-refractivity contribution in [2.45, 2.75) is 97.2 Å². The van der Waals surface area contributed by atoms with Crippen molar-refractivity contribution in [3.63, 3.8) is 0 Å². The second-order valence-corrected chi connectivity index (χ2v) is 15.7. The maximum atomic E-state index is 14.2. The number of nitrogens with zero attached hydrogens (tertiary/aromatic N) is 1. The van der Waals surface area contributed by atoms with Crippen LogP contribution in [0.2, 0.25) is 0 Å². The summed E-state index contributed by atoms with van der Waals surface area (Å²) in [5, 5.41) is 6.03. The molecule has 2 aliphatic heterocycles. The normalized spacial score (nSPS) is 19.8. The number of rotatable bonds is 22. The Balaban J connectivity index is 1.51. The quantitative estimate of drug-likeness (QED) is 0.167. The first kappa shape index (κ1) is 41.0. The first-order valence-electron chi connectivity index (χ1n) is 19.0. The van der Waals surface area contributed by atoms with Crippen LogP contribution in [0.15, 0.2) is 60.7 Å². The number of carbonyl (C=O) groups is 5. The van der Waals surface area contributed by atoms with E-state index in [1.54, 1.807) is 6.92 Å². The lowest BCUT2D eigenvalue weighted by atomic mass is 9.87. The van der Waals surface area contributed by atoms with Crippen LogP contribution in [0, 0.1) is 23.7 Å². The Kier molecular flexibility index (Phi) is 15.7. The van der Waals surface area contributed by atoms with Crippen molar-refractivity contribution in [2.75, 3.05) is 39.5 Å². The van der Waals surface area contributed by atoms with Crippen molar-refractivity contribution in [1.82, 2.24) is 15.5 Å². The Hall–Kier alpha value is -3.73. The largest absolute Gasteiger partial charge is 0.379 e. The maximum absolute atomic E-state index is 14.2. The van der Waals surface area contributed by atoms with E-state index in [4.69, 9.17) is 9.47 Å². The molecular formula is C42H59N3O7. The molecule has 2 N–H and O–H groups in total. The average Bonchev–Trinajstić information content (AvgIpc) is 3.87. The summed E-state index contributed by atoms with van der Waals surface area (Å²) < 4.78 is 10.9. The van der Waals surface area contributed by atoms with E-state index >= 15 is 0 Å². The lowest BCUT2D eigenvalue weighted by Crippen LogP contribution is -2.50. The summed E-state index contributed by atoms with van der Waals surface area (Å²) in [6.07, 6.45) is 2.18. The van der Waals surface area contributed by atoms with E-state index in [1.807, 2.05) is 88.4 Å². The zero-order chi connectivity index (χ0) is 37.7. The molecule has 0 unspecified atom stereocenters. The fraction of sp³-hybridized carbons (Fsp3) is 0.595. The van der Waals surface area contributed by atoms with Gasteiger partial charge in [0.05, 0.1) is 38.4 Å². The molecule has 10 heteroatoms. The van der Waals surface area contributed by atoms with Gasteiger partial charge in [0.15, 0.2) is 11.6 Å². The molecule has 0 bridgehead atoms. The van der Waals surface area contributed by atoms with Gasteiger partial charge in [-0.25, -0.2) is 0 Å². The van der Waals surface area contributed by atoms with Crippen LogP contribution in [0.4, 0.5) is 0 Å². The Morgan fingerprint density at radius 3 is 1.87 bits per heavy atom. The van der Waals surface area contributed by atoms with Crippen molar-refractivity contribution >= 4 is 29.2 Å². The van der Waals surface area contributed by atoms with Gasteiger partial charge in [-0.15, -0.1) is 0 Å². The molecule has 0 saturated carbocycles. The Morgan fingerprint density at radius 1 is 0.750 bits per heavy atom. The van der Waals surface area contributed by atoms with E-state index in [0.29, 0.717) is 65.0 Å². The van der Waals surface area contributed by atoms with E-state index in [9.17, 15) is 24.0 Å². The number of Topliss-reactive ketones (excluding diaryl/α,β-unsaturated/α-hetero) is 3. The van der Waals surface area contributed by atoms with Gasteiger partial charge < -0.3 is 20.1 Å². The zero-order valence-corrected chi connectivity index (χ0v) is 31.7. The minimum atomic E-state index is -0.898. The number of epoxide rings is 1. The second-order valence-electron chi connectivity index (χ2n) is 15.7. The highest BCUT2D eigenvalue weighted by Crippen LogP contribution is 2.30. The third kappa shape index (κ3) is 13.4. The van der Waals surface area contributed by atoms with E-state index < -0.39 is 29.5 Å². The minimum Gasteiger partial charge on any atom is -0.379 e. The highest BCUT2D eigenvalue weighted by molar-refractivity contribution is 5.98. The van der Waals surface area contributed by atoms with Crippen molar-refractivity contribution in [3.8, 4) is 0 Å². The number of ether oxygens (including phenoxy) is 2. The van der Waals surface area contributed by atoms with Gasteiger partial charge in [-0.1, -0.05) is 88.4 Å². The van der Waals surface area contributed by atoms with Gasteiger partial charge in [-0.05, 0) is 62.0 Å². The summed E-state index contributed by atoms with van der Waals surface area (Å²) in [5.74, 6) is -2.27. The number of ketones is 3. The lowest BCUT2D eigenvalue weighted by Gasteiger charge is -2.28. The van der Waals surface area contributed by atoms with Crippen LogP contribution in [-0.2, 0) is 46.3 Å². The maximum Gasteiger partial charge on any atom is 0.224 e. The van der Waals surface area contributed by atoms with Crippen LogP contribution in [0.5, 0.6) is 0 Å². The molecule has 2 aliphatic rings. The van der Waals surface area contributed by atoms with Gasteiger partial charge in [0, 0.05) is 37.8 Å². The molecule has 2 amide bonds. The monoisotopic (exact) mass is 717 g/mol. The van der Waals surface area contributed by atoms with Gasteiger partial charge in [-0.2, -0.15) is 0 Å². The fourth-order valence-electron chi connectivity index (χ4n) is 6.84. The number of aryl methyl sites for hydroxylation is 1. The third-order valence-corrected chi connectivity index (χ3v) is 9.97. The summed E-state index contributed by atoms with van der Waals surface area (Å²) in [4.78, 5) is 71.0. The molecule has 0 aliphatic carbocycles. The summed E-state index contributed by atoms with van der Waals surface area (Å²) >= 11 is 0. The van der Waals surface area contributed by atoms with Gasteiger partial charge in [-0.3, -0.25) is 28.9 Å². The van der Waals surface area contributed by atoms with Crippen molar-refractivity contribution in [3.05, 3.63) is 71.8 Å². The van der Waals surface area contributed by atoms with Crippen molar-refractivity contribution < 1.29 is 33.4 Å². The summed E-state index contributed by atoms with van der Waals surface area (Å²) in [5.41, 5.74) is 1.07. The number of hydrogen-bond acceptors (Lipinski definition) is 8. The molecule has 2 aromatic carbocycles. The molecular weight excluding hydrogens is 658 g/mol. The zero-order valence-electron chi connectivity index (χ0n) is 31.7. The van der Waals surface area contributed by atoms with Crippen LogP contribution < -0.4 is 10.6 Å². The molecule has 4 rings (SSSR count). The third-order valence-electron chi connectivity index (χ3n) is 9.97. The Bertz CT molecular complexity index is 1470. The first-order chi connectivity index (χ1) is 24.8.